The van der Waals surface area contributed by atoms with Crippen molar-refractivity contribution in [1.82, 2.24) is 0 Å². The van der Waals surface area contributed by atoms with E-state index in [0.29, 0.717) is 21.2 Å². The van der Waals surface area contributed by atoms with Gasteiger partial charge in [0.15, 0.2) is 0 Å². The maximum atomic E-state index is 10.7. The fourth-order valence-electron chi connectivity index (χ4n) is 1.38. The number of benzene rings is 2. The van der Waals surface area contributed by atoms with Crippen molar-refractivity contribution in [2.75, 3.05) is 0 Å². The molecule has 0 heterocycles. The van der Waals surface area contributed by atoms with Crippen molar-refractivity contribution in [3.05, 3.63) is 61.0 Å². The van der Waals surface area contributed by atoms with Gasteiger partial charge in [-0.15, -0.1) is 0 Å². The molecule has 0 fully saturated rings. The number of rotatable bonds is 2. The van der Waals surface area contributed by atoms with Crippen molar-refractivity contribution < 1.29 is 9.90 Å². The first-order valence-corrected chi connectivity index (χ1v) is 7.62. The van der Waals surface area contributed by atoms with Crippen LogP contribution in [-0.4, -0.2) is 17.2 Å². The van der Waals surface area contributed by atoms with E-state index in [1.165, 1.54) is 12.1 Å². The van der Waals surface area contributed by atoms with Gasteiger partial charge >= 0.3 is 0 Å². The van der Waals surface area contributed by atoms with E-state index in [9.17, 15) is 9.90 Å². The molecule has 2 aromatic carbocycles. The molecule has 0 aliphatic heterocycles. The first kappa shape index (κ1) is 18.8. The highest BCUT2D eigenvalue weighted by molar-refractivity contribution is 9.10. The molecule has 0 saturated heterocycles. The number of carbonyl (C=O) groups is 1. The molecule has 116 valence electrons. The van der Waals surface area contributed by atoms with Crippen molar-refractivity contribution in [1.29, 1.82) is 5.41 Å². The molecule has 0 spiro atoms. The summed E-state index contributed by atoms with van der Waals surface area (Å²) in [5, 5.41) is 17.0. The van der Waals surface area contributed by atoms with Gasteiger partial charge in [-0.25, -0.2) is 0 Å². The Morgan fingerprint density at radius 1 is 1.18 bits per heavy atom. The van der Waals surface area contributed by atoms with Crippen LogP contribution in [0.2, 0.25) is 15.1 Å². The molecule has 2 rings (SSSR count). The second-order valence-electron chi connectivity index (χ2n) is 3.96. The number of halogens is 4. The summed E-state index contributed by atoms with van der Waals surface area (Å²) in [5.74, 6) is -0.623. The Bertz CT molecular complexity index is 723. The van der Waals surface area contributed by atoms with Gasteiger partial charge < -0.3 is 16.2 Å². The normalized spacial score (nSPS) is 9.64. The van der Waals surface area contributed by atoms with Crippen molar-refractivity contribution in [2.24, 2.45) is 5.73 Å². The molecule has 0 saturated carbocycles. The van der Waals surface area contributed by atoms with Crippen molar-refractivity contribution in [2.45, 2.75) is 0 Å². The summed E-state index contributed by atoms with van der Waals surface area (Å²) in [7, 11) is 0. The monoisotopic (exact) mass is 422 g/mol. The SMILES string of the molecule is N=Cc1cc(Cl)cc(Cl)c1O.NC(=O)c1cc(Br)ccc1Cl. The quantitative estimate of drug-likeness (QED) is 0.599. The van der Waals surface area contributed by atoms with Crippen molar-refractivity contribution in [3.8, 4) is 5.75 Å². The van der Waals surface area contributed by atoms with E-state index < -0.39 is 5.91 Å². The molecule has 0 aliphatic carbocycles. The summed E-state index contributed by atoms with van der Waals surface area (Å²) in [6, 6.07) is 7.84. The maximum Gasteiger partial charge on any atom is 0.250 e. The zero-order valence-corrected chi connectivity index (χ0v) is 14.8. The number of hydrogen-bond donors (Lipinski definition) is 3. The number of aromatic hydroxyl groups is 1. The lowest BCUT2D eigenvalue weighted by molar-refractivity contribution is 0.100. The van der Waals surface area contributed by atoms with Crippen molar-refractivity contribution >= 4 is 62.9 Å². The van der Waals surface area contributed by atoms with Crippen molar-refractivity contribution in [3.63, 3.8) is 0 Å². The lowest BCUT2D eigenvalue weighted by atomic mass is 10.2. The third kappa shape index (κ3) is 5.18. The molecule has 0 aliphatic rings. The Balaban J connectivity index is 0.000000220. The van der Waals surface area contributed by atoms with E-state index in [4.69, 9.17) is 45.9 Å². The fraction of sp³-hybridized carbons (Fsp3) is 0. The van der Waals surface area contributed by atoms with Crippen LogP contribution in [0.1, 0.15) is 15.9 Å². The van der Waals surface area contributed by atoms with Crippen LogP contribution in [-0.2, 0) is 0 Å². The largest absolute Gasteiger partial charge is 0.506 e. The Labute approximate surface area is 150 Å². The fourth-order valence-corrected chi connectivity index (χ4v) is 2.46. The minimum absolute atomic E-state index is 0.105. The van der Waals surface area contributed by atoms with E-state index in [-0.39, 0.29) is 10.8 Å². The summed E-state index contributed by atoms with van der Waals surface area (Å²) < 4.78 is 0.788. The van der Waals surface area contributed by atoms with Crippen LogP contribution in [0.5, 0.6) is 5.75 Å². The van der Waals surface area contributed by atoms with E-state index in [1.54, 1.807) is 18.2 Å². The molecule has 4 N–H and O–H groups in total. The number of nitrogens with one attached hydrogen (secondary N) is 1. The molecule has 0 unspecified atom stereocenters. The number of primary amides is 1. The van der Waals surface area contributed by atoms with E-state index in [1.807, 2.05) is 0 Å². The third-order valence-electron chi connectivity index (χ3n) is 2.41. The highest BCUT2D eigenvalue weighted by atomic mass is 79.9. The smallest absolute Gasteiger partial charge is 0.250 e. The Hall–Kier alpha value is -1.27. The number of carbonyl (C=O) groups excluding carboxylic acids is 1. The molecule has 8 heteroatoms. The second-order valence-corrected chi connectivity index (χ2v) is 6.12. The van der Waals surface area contributed by atoms with Gasteiger partial charge in [0.2, 0.25) is 5.91 Å². The summed E-state index contributed by atoms with van der Waals surface area (Å²) in [6.45, 7) is 0. The van der Waals surface area contributed by atoms with Gasteiger partial charge in [-0.3, -0.25) is 4.79 Å². The lowest BCUT2D eigenvalue weighted by Crippen LogP contribution is -2.11. The molecule has 0 radical (unpaired) electrons. The van der Waals surface area contributed by atoms with Crippen LogP contribution in [0.3, 0.4) is 0 Å². The maximum absolute atomic E-state index is 10.7. The summed E-state index contributed by atoms with van der Waals surface area (Å²) in [6.07, 6.45) is 0.993. The van der Waals surface area contributed by atoms with Gasteiger partial charge in [0.1, 0.15) is 5.75 Å². The molecule has 0 bridgehead atoms. The first-order chi connectivity index (χ1) is 10.3. The molecule has 1 amide bonds. The second kappa shape index (κ2) is 8.39. The van der Waals surface area contributed by atoms with E-state index in [0.717, 1.165) is 10.7 Å². The molecule has 0 aromatic heterocycles. The number of amides is 1. The highest BCUT2D eigenvalue weighted by Gasteiger charge is 2.05. The summed E-state index contributed by atoms with van der Waals surface area (Å²) in [4.78, 5) is 10.7. The molecule has 2 aromatic rings. The molecule has 22 heavy (non-hydrogen) atoms. The van der Waals surface area contributed by atoms with Gasteiger partial charge in [-0.2, -0.15) is 0 Å². The number of phenols is 1. The zero-order valence-electron chi connectivity index (χ0n) is 10.9. The van der Waals surface area contributed by atoms with Gasteiger partial charge in [-0.05, 0) is 30.3 Å². The van der Waals surface area contributed by atoms with Crippen LogP contribution >= 0.6 is 50.7 Å². The van der Waals surface area contributed by atoms with Crippen LogP contribution in [0.25, 0.3) is 0 Å². The Morgan fingerprint density at radius 3 is 2.32 bits per heavy atom. The standard InChI is InChI=1S/C7H5BrClNO.C7H5Cl2NO/c8-4-1-2-6(9)5(3-4)7(10)11;8-5-1-4(3-10)7(11)6(9)2-5/h1-3H,(H2,10,11);1-3,10-11H. The predicted octanol–water partition coefficient (Wildman–Crippen LogP) is 4.90. The topological polar surface area (TPSA) is 87.2 Å². The summed E-state index contributed by atoms with van der Waals surface area (Å²) in [5.41, 5.74) is 5.70. The van der Waals surface area contributed by atoms with Crippen LogP contribution in [0.4, 0.5) is 0 Å². The minimum Gasteiger partial charge on any atom is -0.506 e. The van der Waals surface area contributed by atoms with Crippen LogP contribution < -0.4 is 5.73 Å². The highest BCUT2D eigenvalue weighted by Crippen LogP contribution is 2.29. The summed E-state index contributed by atoms with van der Waals surface area (Å²) >= 11 is 20.0. The van der Waals surface area contributed by atoms with Gasteiger partial charge in [0, 0.05) is 21.3 Å². The number of phenolic OH excluding ortho intramolecular Hbond substituents is 1. The third-order valence-corrected chi connectivity index (χ3v) is 3.74. The van der Waals surface area contributed by atoms with Gasteiger partial charge in [-0.1, -0.05) is 50.7 Å². The molecular weight excluding hydrogens is 414 g/mol. The minimum atomic E-state index is -0.517. The zero-order chi connectivity index (χ0) is 16.9. The van der Waals surface area contributed by atoms with Crippen LogP contribution in [0, 0.1) is 5.41 Å². The molecular formula is C14H10BrCl3N2O2. The van der Waals surface area contributed by atoms with E-state index in [2.05, 4.69) is 15.9 Å². The molecule has 0 atom stereocenters. The molecule has 4 nitrogen and oxygen atoms in total. The van der Waals surface area contributed by atoms with E-state index >= 15 is 0 Å². The Kier molecular flexibility index (Phi) is 7.16. The lowest BCUT2D eigenvalue weighted by Gasteiger charge is -2.00. The van der Waals surface area contributed by atoms with Gasteiger partial charge in [0.05, 0.1) is 15.6 Å². The number of nitrogens with two attached hydrogens (primary N) is 1. The number of hydrogen-bond acceptors (Lipinski definition) is 3. The predicted molar refractivity (Wildman–Crippen MR) is 93.7 cm³/mol. The average Bonchev–Trinajstić information content (AvgIpc) is 2.45. The Morgan fingerprint density at radius 2 is 1.82 bits per heavy atom. The first-order valence-electron chi connectivity index (χ1n) is 5.69. The average molecular weight is 425 g/mol. The van der Waals surface area contributed by atoms with Crippen LogP contribution in [0.15, 0.2) is 34.8 Å². The van der Waals surface area contributed by atoms with Gasteiger partial charge in [0.25, 0.3) is 0 Å².